The van der Waals surface area contributed by atoms with Crippen LogP contribution in [0.1, 0.15) is 107 Å². The maximum Gasteiger partial charge on any atom is 0.161 e. The van der Waals surface area contributed by atoms with Gasteiger partial charge in [0.15, 0.2) is 5.78 Å². The van der Waals surface area contributed by atoms with Crippen LogP contribution in [-0.2, 0) is 4.79 Å². The fraction of sp³-hybridized carbons (Fsp3) is 0.900. The first-order chi connectivity index (χ1) is 14.3. The Kier molecular flexibility index (Phi) is 4.66. The number of fused-ring (bicyclic) bond motifs is 7. The SMILES string of the molecule is CC(C)[C@@H]1CC[C@]2(C)CC[C@]3(C)[C@H](CC[C@@H]4[C@@]5(C)C=CC(=O)C(C)(C)[C@@H]5CC[C@@]43C)[C@@H]12. The Morgan fingerprint density at radius 2 is 1.52 bits per heavy atom. The Morgan fingerprint density at radius 3 is 2.19 bits per heavy atom. The van der Waals surface area contributed by atoms with E-state index in [1.807, 2.05) is 6.08 Å². The van der Waals surface area contributed by atoms with Crippen LogP contribution in [0.4, 0.5) is 0 Å². The van der Waals surface area contributed by atoms with Crippen LogP contribution in [0, 0.1) is 62.6 Å². The third kappa shape index (κ3) is 2.59. The molecule has 0 aromatic heterocycles. The van der Waals surface area contributed by atoms with Crippen molar-refractivity contribution < 1.29 is 4.79 Å². The zero-order valence-electron chi connectivity index (χ0n) is 21.7. The fourth-order valence-electron chi connectivity index (χ4n) is 11.0. The van der Waals surface area contributed by atoms with E-state index in [0.717, 1.165) is 23.7 Å². The predicted octanol–water partition coefficient (Wildman–Crippen LogP) is 8.09. The van der Waals surface area contributed by atoms with Crippen molar-refractivity contribution in [3.8, 4) is 0 Å². The molecule has 0 spiro atoms. The molecule has 9 atom stereocenters. The first-order valence-electron chi connectivity index (χ1n) is 13.5. The van der Waals surface area contributed by atoms with Crippen LogP contribution in [0.2, 0.25) is 0 Å². The largest absolute Gasteiger partial charge is 0.294 e. The lowest BCUT2D eigenvalue weighted by molar-refractivity contribution is -0.218. The molecule has 0 amide bonds. The Morgan fingerprint density at radius 1 is 0.806 bits per heavy atom. The van der Waals surface area contributed by atoms with E-state index in [4.69, 9.17) is 0 Å². The van der Waals surface area contributed by atoms with E-state index in [0.29, 0.717) is 33.9 Å². The lowest BCUT2D eigenvalue weighted by atomic mass is 9.33. The van der Waals surface area contributed by atoms with Crippen molar-refractivity contribution in [3.05, 3.63) is 12.2 Å². The van der Waals surface area contributed by atoms with Crippen molar-refractivity contribution in [1.82, 2.24) is 0 Å². The van der Waals surface area contributed by atoms with Crippen molar-refractivity contribution in [3.63, 3.8) is 0 Å². The molecule has 31 heavy (non-hydrogen) atoms. The molecule has 0 bridgehead atoms. The van der Waals surface area contributed by atoms with E-state index in [2.05, 4.69) is 61.5 Å². The number of hydrogen-bond donors (Lipinski definition) is 0. The summed E-state index contributed by atoms with van der Waals surface area (Å²) < 4.78 is 0. The maximum absolute atomic E-state index is 12.8. The quantitative estimate of drug-likeness (QED) is 0.415. The average molecular weight is 425 g/mol. The summed E-state index contributed by atoms with van der Waals surface area (Å²) in [4.78, 5) is 12.8. The van der Waals surface area contributed by atoms with Gasteiger partial charge in [0, 0.05) is 5.41 Å². The minimum absolute atomic E-state index is 0.173. The van der Waals surface area contributed by atoms with Gasteiger partial charge >= 0.3 is 0 Å². The Labute approximate surface area is 192 Å². The molecule has 174 valence electrons. The van der Waals surface area contributed by atoms with Crippen molar-refractivity contribution in [2.75, 3.05) is 0 Å². The van der Waals surface area contributed by atoms with Crippen LogP contribution in [0.5, 0.6) is 0 Å². The van der Waals surface area contributed by atoms with E-state index in [1.165, 1.54) is 51.4 Å². The number of rotatable bonds is 1. The third-order valence-corrected chi connectivity index (χ3v) is 13.0. The van der Waals surface area contributed by atoms with E-state index in [9.17, 15) is 4.79 Å². The highest BCUT2D eigenvalue weighted by Crippen LogP contribution is 2.76. The minimum Gasteiger partial charge on any atom is -0.294 e. The van der Waals surface area contributed by atoms with Gasteiger partial charge in [0.2, 0.25) is 0 Å². The summed E-state index contributed by atoms with van der Waals surface area (Å²) in [6, 6.07) is 0. The summed E-state index contributed by atoms with van der Waals surface area (Å²) in [6.45, 7) is 20.1. The first-order valence-corrected chi connectivity index (χ1v) is 13.5. The van der Waals surface area contributed by atoms with Crippen molar-refractivity contribution >= 4 is 5.78 Å². The molecule has 0 aromatic carbocycles. The summed E-state index contributed by atoms with van der Waals surface area (Å²) in [6.07, 6.45) is 15.5. The molecule has 0 unspecified atom stereocenters. The molecule has 0 aromatic rings. The summed E-state index contributed by atoms with van der Waals surface area (Å²) >= 11 is 0. The molecule has 1 heteroatoms. The highest BCUT2D eigenvalue weighted by atomic mass is 16.1. The lowest BCUT2D eigenvalue weighted by Gasteiger charge is -2.71. The second kappa shape index (κ2) is 6.50. The fourth-order valence-corrected chi connectivity index (χ4v) is 11.0. The normalized spacial score (nSPS) is 55.4. The minimum atomic E-state index is -0.206. The van der Waals surface area contributed by atoms with Gasteiger partial charge in [0.05, 0.1) is 0 Å². The predicted molar refractivity (Wildman–Crippen MR) is 130 cm³/mol. The number of carbonyl (C=O) groups is 1. The van der Waals surface area contributed by atoms with Gasteiger partial charge in [0.1, 0.15) is 0 Å². The van der Waals surface area contributed by atoms with Crippen LogP contribution in [0.15, 0.2) is 12.2 Å². The van der Waals surface area contributed by atoms with Crippen LogP contribution < -0.4 is 0 Å². The van der Waals surface area contributed by atoms with E-state index in [1.54, 1.807) is 0 Å². The third-order valence-electron chi connectivity index (χ3n) is 13.0. The van der Waals surface area contributed by atoms with E-state index in [-0.39, 0.29) is 10.8 Å². The molecule has 5 rings (SSSR count). The Hall–Kier alpha value is -0.590. The van der Waals surface area contributed by atoms with Gasteiger partial charge in [-0.25, -0.2) is 0 Å². The molecular weight excluding hydrogens is 376 g/mol. The average Bonchev–Trinajstić information content (AvgIpc) is 3.04. The number of allylic oxidation sites excluding steroid dienone is 2. The van der Waals surface area contributed by atoms with Crippen molar-refractivity contribution in [1.29, 1.82) is 0 Å². The second-order valence-electron chi connectivity index (χ2n) is 14.6. The molecule has 4 fully saturated rings. The molecule has 5 aliphatic carbocycles. The molecule has 0 saturated heterocycles. The topological polar surface area (TPSA) is 17.1 Å². The smallest absolute Gasteiger partial charge is 0.161 e. The van der Waals surface area contributed by atoms with Gasteiger partial charge in [-0.15, -0.1) is 0 Å². The molecule has 0 aliphatic heterocycles. The lowest BCUT2D eigenvalue weighted by Crippen LogP contribution is -2.65. The molecule has 1 nitrogen and oxygen atoms in total. The van der Waals surface area contributed by atoms with Crippen LogP contribution in [-0.4, -0.2) is 5.78 Å². The molecule has 4 saturated carbocycles. The molecule has 0 heterocycles. The maximum atomic E-state index is 12.8. The Bertz CT molecular complexity index is 805. The zero-order valence-corrected chi connectivity index (χ0v) is 21.7. The Balaban J connectivity index is 1.57. The van der Waals surface area contributed by atoms with Gasteiger partial charge < -0.3 is 0 Å². The van der Waals surface area contributed by atoms with Crippen molar-refractivity contribution in [2.45, 2.75) is 107 Å². The van der Waals surface area contributed by atoms with Gasteiger partial charge in [0.25, 0.3) is 0 Å². The summed E-state index contributed by atoms with van der Waals surface area (Å²) in [7, 11) is 0. The van der Waals surface area contributed by atoms with Gasteiger partial charge in [-0.3, -0.25) is 4.79 Å². The summed E-state index contributed by atoms with van der Waals surface area (Å²) in [5.74, 6) is 5.14. The molecule has 0 radical (unpaired) electrons. The standard InChI is InChI=1S/C30H48O/c1-19(2)20-11-14-27(5)17-18-29(7)21(25(20)27)9-10-23-28(6)15-13-24(31)26(3,4)22(28)12-16-30(23,29)8/h13,15,19-23,25H,9-12,14,16-18H2,1-8H3/t20-,21+,22-,23+,25+,27+,28-,29+,30-/m0/s1. The zero-order chi connectivity index (χ0) is 22.6. The van der Waals surface area contributed by atoms with Crippen LogP contribution in [0.25, 0.3) is 0 Å². The molecule has 5 aliphatic rings. The molecule has 0 N–H and O–H groups in total. The number of hydrogen-bond acceptors (Lipinski definition) is 1. The van der Waals surface area contributed by atoms with Crippen LogP contribution in [0.3, 0.4) is 0 Å². The molecular formula is C30H48O. The monoisotopic (exact) mass is 424 g/mol. The number of ketones is 1. The second-order valence-corrected chi connectivity index (χ2v) is 14.6. The van der Waals surface area contributed by atoms with Gasteiger partial charge in [-0.1, -0.05) is 61.5 Å². The van der Waals surface area contributed by atoms with Gasteiger partial charge in [-0.05, 0) is 115 Å². The first kappa shape index (κ1) is 22.2. The van der Waals surface area contributed by atoms with Gasteiger partial charge in [-0.2, -0.15) is 0 Å². The summed E-state index contributed by atoms with van der Waals surface area (Å²) in [5, 5.41) is 0. The van der Waals surface area contributed by atoms with Crippen LogP contribution >= 0.6 is 0 Å². The van der Waals surface area contributed by atoms with E-state index >= 15 is 0 Å². The van der Waals surface area contributed by atoms with E-state index < -0.39 is 0 Å². The highest BCUT2D eigenvalue weighted by Gasteiger charge is 2.69. The van der Waals surface area contributed by atoms with Crippen molar-refractivity contribution in [2.24, 2.45) is 62.6 Å². The summed E-state index contributed by atoms with van der Waals surface area (Å²) in [5.41, 5.74) is 1.40. The number of carbonyl (C=O) groups excluding carboxylic acids is 1. The highest BCUT2D eigenvalue weighted by molar-refractivity contribution is 5.95.